The number of aromatic amines is 1. The molecular formula is C17H15ClN4O2. The molecule has 2 heterocycles. The minimum absolute atomic E-state index is 0.0863. The number of rotatable bonds is 5. The van der Waals surface area contributed by atoms with E-state index in [2.05, 4.69) is 20.5 Å². The number of hydrogen-bond donors (Lipinski definition) is 3. The summed E-state index contributed by atoms with van der Waals surface area (Å²) in [6.45, 7) is 0.0863. The third-order valence-corrected chi connectivity index (χ3v) is 3.78. The summed E-state index contributed by atoms with van der Waals surface area (Å²) in [4.78, 5) is 16.3. The molecule has 1 atom stereocenters. The number of aliphatic hydroxyl groups is 1. The number of halogens is 1. The Morgan fingerprint density at radius 3 is 2.83 bits per heavy atom. The van der Waals surface area contributed by atoms with Crippen LogP contribution in [0, 0.1) is 0 Å². The zero-order chi connectivity index (χ0) is 16.9. The average Bonchev–Trinajstić information content (AvgIpc) is 3.10. The van der Waals surface area contributed by atoms with Gasteiger partial charge >= 0.3 is 0 Å². The molecule has 0 fully saturated rings. The summed E-state index contributed by atoms with van der Waals surface area (Å²) in [5.74, 6) is -0.327. The van der Waals surface area contributed by atoms with Gasteiger partial charge in [-0.2, -0.15) is 5.10 Å². The molecule has 122 valence electrons. The lowest BCUT2D eigenvalue weighted by molar-refractivity contribution is 0.0917. The molecule has 6 nitrogen and oxygen atoms in total. The number of aromatic nitrogens is 3. The van der Waals surface area contributed by atoms with Gasteiger partial charge in [-0.05, 0) is 29.8 Å². The van der Waals surface area contributed by atoms with E-state index < -0.39 is 6.10 Å². The number of H-pyrrole nitrogens is 1. The van der Waals surface area contributed by atoms with E-state index in [4.69, 9.17) is 11.6 Å². The van der Waals surface area contributed by atoms with Crippen molar-refractivity contribution in [3.8, 4) is 11.3 Å². The average molecular weight is 343 g/mol. The normalized spacial score (nSPS) is 11.9. The van der Waals surface area contributed by atoms with E-state index in [-0.39, 0.29) is 12.5 Å². The second-order valence-corrected chi connectivity index (χ2v) is 5.61. The second-order valence-electron chi connectivity index (χ2n) is 5.18. The largest absolute Gasteiger partial charge is 0.387 e. The number of carbonyl (C=O) groups is 1. The van der Waals surface area contributed by atoms with Gasteiger partial charge in [0.15, 0.2) is 0 Å². The van der Waals surface area contributed by atoms with Gasteiger partial charge < -0.3 is 10.4 Å². The Hall–Kier alpha value is -2.70. The molecule has 3 N–H and O–H groups in total. The van der Waals surface area contributed by atoms with Crippen molar-refractivity contribution in [2.75, 3.05) is 6.54 Å². The summed E-state index contributed by atoms with van der Waals surface area (Å²) in [7, 11) is 0. The summed E-state index contributed by atoms with van der Waals surface area (Å²) >= 11 is 5.99. The van der Waals surface area contributed by atoms with Gasteiger partial charge in [-0.15, -0.1) is 0 Å². The van der Waals surface area contributed by atoms with Crippen LogP contribution in [0.3, 0.4) is 0 Å². The van der Waals surface area contributed by atoms with E-state index >= 15 is 0 Å². The van der Waals surface area contributed by atoms with Gasteiger partial charge in [-0.25, -0.2) is 0 Å². The van der Waals surface area contributed by atoms with E-state index in [1.807, 2.05) is 6.07 Å². The molecule has 24 heavy (non-hydrogen) atoms. The maximum Gasteiger partial charge on any atom is 0.255 e. The molecule has 0 bridgehead atoms. The first-order chi connectivity index (χ1) is 11.6. The number of nitrogens with one attached hydrogen (secondary N) is 2. The Labute approximate surface area is 143 Å². The van der Waals surface area contributed by atoms with E-state index in [0.717, 1.165) is 5.56 Å². The first-order valence-electron chi connectivity index (χ1n) is 7.30. The fraction of sp³-hybridized carbons (Fsp3) is 0.118. The lowest BCUT2D eigenvalue weighted by Crippen LogP contribution is -2.28. The first-order valence-corrected chi connectivity index (χ1v) is 7.68. The third kappa shape index (κ3) is 3.61. The molecular weight excluding hydrogens is 328 g/mol. The maximum atomic E-state index is 12.4. The quantitative estimate of drug-likeness (QED) is 0.664. The summed E-state index contributed by atoms with van der Waals surface area (Å²) in [6, 6.07) is 10.5. The molecule has 0 spiro atoms. The van der Waals surface area contributed by atoms with Gasteiger partial charge in [0.2, 0.25) is 0 Å². The number of benzene rings is 1. The lowest BCUT2D eigenvalue weighted by Gasteiger charge is -2.12. The van der Waals surface area contributed by atoms with Crippen molar-refractivity contribution in [1.29, 1.82) is 0 Å². The molecule has 7 heteroatoms. The van der Waals surface area contributed by atoms with Crippen molar-refractivity contribution >= 4 is 17.5 Å². The first kappa shape index (κ1) is 16.2. The minimum atomic E-state index is -0.807. The van der Waals surface area contributed by atoms with Crippen LogP contribution in [0.15, 0.2) is 55.0 Å². The van der Waals surface area contributed by atoms with Crippen LogP contribution in [0.1, 0.15) is 22.0 Å². The number of carbonyl (C=O) groups excluding carboxylic acids is 1. The highest BCUT2D eigenvalue weighted by atomic mass is 35.5. The summed E-state index contributed by atoms with van der Waals surface area (Å²) in [6.07, 6.45) is 3.82. The maximum absolute atomic E-state index is 12.4. The lowest BCUT2D eigenvalue weighted by atomic mass is 10.1. The van der Waals surface area contributed by atoms with Crippen LogP contribution in [-0.2, 0) is 0 Å². The molecule has 0 aliphatic carbocycles. The molecule has 0 saturated carbocycles. The number of pyridine rings is 1. The fourth-order valence-electron chi connectivity index (χ4n) is 2.31. The molecule has 2 aromatic heterocycles. The molecule has 3 aromatic rings. The SMILES string of the molecule is O=C(NCC(O)c1ccncc1)c1cn[nH]c1-c1cccc(Cl)c1. The van der Waals surface area contributed by atoms with E-state index in [1.54, 1.807) is 42.7 Å². The van der Waals surface area contributed by atoms with Gasteiger partial charge in [0.25, 0.3) is 5.91 Å². The molecule has 1 aromatic carbocycles. The van der Waals surface area contributed by atoms with Crippen molar-refractivity contribution in [2.45, 2.75) is 6.10 Å². The fourth-order valence-corrected chi connectivity index (χ4v) is 2.50. The van der Waals surface area contributed by atoms with E-state index in [1.165, 1.54) is 6.20 Å². The highest BCUT2D eigenvalue weighted by Gasteiger charge is 2.17. The Balaban J connectivity index is 1.71. The van der Waals surface area contributed by atoms with Crippen LogP contribution in [0.5, 0.6) is 0 Å². The van der Waals surface area contributed by atoms with Gasteiger partial charge in [0, 0.05) is 29.5 Å². The number of amides is 1. The van der Waals surface area contributed by atoms with Gasteiger partial charge in [-0.1, -0.05) is 23.7 Å². The Morgan fingerprint density at radius 1 is 1.29 bits per heavy atom. The van der Waals surface area contributed by atoms with Crippen LogP contribution < -0.4 is 5.32 Å². The molecule has 0 aliphatic heterocycles. The molecule has 0 radical (unpaired) electrons. The predicted molar refractivity (Wildman–Crippen MR) is 90.6 cm³/mol. The zero-order valence-corrected chi connectivity index (χ0v) is 13.4. The Bertz CT molecular complexity index is 835. The van der Waals surface area contributed by atoms with Crippen LogP contribution >= 0.6 is 11.6 Å². The molecule has 3 rings (SSSR count). The highest BCUT2D eigenvalue weighted by molar-refractivity contribution is 6.30. The van der Waals surface area contributed by atoms with E-state index in [9.17, 15) is 9.90 Å². The molecule has 0 saturated heterocycles. The van der Waals surface area contributed by atoms with Crippen LogP contribution in [-0.4, -0.2) is 32.7 Å². The van der Waals surface area contributed by atoms with E-state index in [0.29, 0.717) is 21.8 Å². The summed E-state index contributed by atoms with van der Waals surface area (Å²) in [5, 5.41) is 20.1. The highest BCUT2D eigenvalue weighted by Crippen LogP contribution is 2.24. The van der Waals surface area contributed by atoms with Gasteiger partial charge in [0.1, 0.15) is 0 Å². The van der Waals surface area contributed by atoms with Crippen molar-refractivity contribution in [3.05, 3.63) is 71.1 Å². The van der Waals surface area contributed by atoms with Crippen LogP contribution in [0.25, 0.3) is 11.3 Å². The topological polar surface area (TPSA) is 90.9 Å². The number of aliphatic hydroxyl groups excluding tert-OH is 1. The summed E-state index contributed by atoms with van der Waals surface area (Å²) in [5.41, 5.74) is 2.42. The van der Waals surface area contributed by atoms with Gasteiger partial charge in [0.05, 0.1) is 23.6 Å². The third-order valence-electron chi connectivity index (χ3n) is 3.54. The van der Waals surface area contributed by atoms with Gasteiger partial charge in [-0.3, -0.25) is 14.9 Å². The van der Waals surface area contributed by atoms with Crippen molar-refractivity contribution in [2.24, 2.45) is 0 Å². The van der Waals surface area contributed by atoms with Crippen LogP contribution in [0.4, 0.5) is 0 Å². The van der Waals surface area contributed by atoms with Crippen molar-refractivity contribution < 1.29 is 9.90 Å². The van der Waals surface area contributed by atoms with Crippen molar-refractivity contribution in [1.82, 2.24) is 20.5 Å². The number of hydrogen-bond acceptors (Lipinski definition) is 4. The number of nitrogens with zero attached hydrogens (tertiary/aromatic N) is 2. The monoisotopic (exact) mass is 342 g/mol. The summed E-state index contributed by atoms with van der Waals surface area (Å²) < 4.78 is 0. The predicted octanol–water partition coefficient (Wildman–Crippen LogP) is 2.59. The minimum Gasteiger partial charge on any atom is -0.387 e. The Kier molecular flexibility index (Phi) is 4.88. The molecule has 1 amide bonds. The standard InChI is InChI=1S/C17H15ClN4O2/c18-13-3-1-2-12(8-13)16-14(9-21-22-16)17(24)20-10-15(23)11-4-6-19-7-5-11/h1-9,15,23H,10H2,(H,20,24)(H,21,22). The molecule has 0 aliphatic rings. The smallest absolute Gasteiger partial charge is 0.255 e. The molecule has 1 unspecified atom stereocenters. The van der Waals surface area contributed by atoms with Crippen molar-refractivity contribution in [3.63, 3.8) is 0 Å². The Morgan fingerprint density at radius 2 is 2.08 bits per heavy atom. The second kappa shape index (κ2) is 7.25. The van der Waals surface area contributed by atoms with Crippen LogP contribution in [0.2, 0.25) is 5.02 Å². The zero-order valence-electron chi connectivity index (χ0n) is 12.6.